The zero-order valence-corrected chi connectivity index (χ0v) is 10.4. The van der Waals surface area contributed by atoms with Crippen LogP contribution in [0.2, 0.25) is 5.15 Å². The highest BCUT2D eigenvalue weighted by molar-refractivity contribution is 6.32. The molecular formula is C10H16ClN3O3. The lowest BCUT2D eigenvalue weighted by Crippen LogP contribution is -2.10. The summed E-state index contributed by atoms with van der Waals surface area (Å²) in [6, 6.07) is 0. The molecule has 0 amide bonds. The predicted octanol–water partition coefficient (Wildman–Crippen LogP) is 1.14. The SMILES string of the molecule is COCCCOCCOc1ncnc(Cl)c1N. The summed E-state index contributed by atoms with van der Waals surface area (Å²) in [5, 5.41) is 0.191. The van der Waals surface area contributed by atoms with Gasteiger partial charge in [-0.05, 0) is 6.42 Å². The molecule has 0 bridgehead atoms. The van der Waals surface area contributed by atoms with Crippen LogP contribution in [-0.2, 0) is 9.47 Å². The van der Waals surface area contributed by atoms with Gasteiger partial charge in [-0.1, -0.05) is 11.6 Å². The van der Waals surface area contributed by atoms with Crippen molar-refractivity contribution in [3.63, 3.8) is 0 Å². The highest BCUT2D eigenvalue weighted by Crippen LogP contribution is 2.23. The Morgan fingerprint density at radius 1 is 1.24 bits per heavy atom. The van der Waals surface area contributed by atoms with Crippen molar-refractivity contribution in [3.8, 4) is 5.88 Å². The molecule has 0 saturated carbocycles. The van der Waals surface area contributed by atoms with Crippen molar-refractivity contribution in [2.24, 2.45) is 0 Å². The van der Waals surface area contributed by atoms with E-state index in [2.05, 4.69) is 9.97 Å². The van der Waals surface area contributed by atoms with Crippen LogP contribution in [0, 0.1) is 0 Å². The van der Waals surface area contributed by atoms with Crippen LogP contribution in [0.25, 0.3) is 0 Å². The first-order chi connectivity index (χ1) is 8.25. The fourth-order valence-corrected chi connectivity index (χ4v) is 1.20. The number of hydrogen-bond donors (Lipinski definition) is 1. The molecule has 0 aliphatic rings. The summed E-state index contributed by atoms with van der Waals surface area (Å²) < 4.78 is 15.5. The minimum absolute atomic E-state index is 0.191. The second-order valence-electron chi connectivity index (χ2n) is 3.19. The number of anilines is 1. The van der Waals surface area contributed by atoms with E-state index in [1.54, 1.807) is 7.11 Å². The zero-order valence-electron chi connectivity index (χ0n) is 9.69. The number of rotatable bonds is 8. The standard InChI is InChI=1S/C10H16ClN3O3/c1-15-3-2-4-16-5-6-17-10-8(12)9(11)13-7-14-10/h7H,2-6,12H2,1H3. The molecule has 1 aromatic rings. The van der Waals surface area contributed by atoms with Gasteiger partial charge < -0.3 is 19.9 Å². The average Bonchev–Trinajstić information content (AvgIpc) is 2.33. The Kier molecular flexibility index (Phi) is 6.61. The van der Waals surface area contributed by atoms with Gasteiger partial charge in [0.2, 0.25) is 5.88 Å². The van der Waals surface area contributed by atoms with E-state index in [1.807, 2.05) is 0 Å². The summed E-state index contributed by atoms with van der Waals surface area (Å²) in [6.07, 6.45) is 2.16. The number of halogens is 1. The zero-order chi connectivity index (χ0) is 12.5. The molecule has 0 radical (unpaired) electrons. The third-order valence-electron chi connectivity index (χ3n) is 1.90. The molecule has 6 nitrogen and oxygen atoms in total. The predicted molar refractivity (Wildman–Crippen MR) is 64.3 cm³/mol. The van der Waals surface area contributed by atoms with E-state index in [0.717, 1.165) is 6.42 Å². The molecule has 0 aliphatic carbocycles. The largest absolute Gasteiger partial charge is 0.474 e. The number of nitrogen functional groups attached to an aromatic ring is 1. The van der Waals surface area contributed by atoms with Gasteiger partial charge in [0.25, 0.3) is 0 Å². The summed E-state index contributed by atoms with van der Waals surface area (Å²) in [5.41, 5.74) is 5.87. The maximum atomic E-state index is 5.71. The summed E-state index contributed by atoms with van der Waals surface area (Å²) in [6.45, 7) is 2.15. The lowest BCUT2D eigenvalue weighted by Gasteiger charge is -2.08. The Morgan fingerprint density at radius 2 is 2.06 bits per heavy atom. The molecule has 0 atom stereocenters. The lowest BCUT2D eigenvalue weighted by atomic mass is 10.5. The number of aromatic nitrogens is 2. The first kappa shape index (κ1) is 14.0. The molecular weight excluding hydrogens is 246 g/mol. The number of hydrogen-bond acceptors (Lipinski definition) is 6. The van der Waals surface area contributed by atoms with E-state index in [4.69, 9.17) is 31.5 Å². The molecule has 0 spiro atoms. The van der Waals surface area contributed by atoms with Crippen LogP contribution in [0.3, 0.4) is 0 Å². The molecule has 96 valence electrons. The monoisotopic (exact) mass is 261 g/mol. The van der Waals surface area contributed by atoms with Crippen LogP contribution in [0.1, 0.15) is 6.42 Å². The molecule has 17 heavy (non-hydrogen) atoms. The summed E-state index contributed by atoms with van der Waals surface area (Å²) in [7, 11) is 1.66. The van der Waals surface area contributed by atoms with Crippen molar-refractivity contribution in [3.05, 3.63) is 11.5 Å². The van der Waals surface area contributed by atoms with Crippen molar-refractivity contribution >= 4 is 17.3 Å². The quantitative estimate of drug-likeness (QED) is 0.558. The van der Waals surface area contributed by atoms with Crippen molar-refractivity contribution < 1.29 is 14.2 Å². The van der Waals surface area contributed by atoms with E-state index in [9.17, 15) is 0 Å². The third-order valence-corrected chi connectivity index (χ3v) is 2.20. The second kappa shape index (κ2) is 8.05. The van der Waals surface area contributed by atoms with Gasteiger partial charge in [-0.25, -0.2) is 4.98 Å². The Hall–Kier alpha value is -1.11. The van der Waals surface area contributed by atoms with Gasteiger partial charge in [0.1, 0.15) is 18.6 Å². The Bertz CT molecular complexity index is 339. The molecule has 7 heteroatoms. The van der Waals surface area contributed by atoms with Gasteiger partial charge in [-0.15, -0.1) is 0 Å². The summed E-state index contributed by atoms with van der Waals surface area (Å²) in [4.78, 5) is 7.59. The second-order valence-corrected chi connectivity index (χ2v) is 3.55. The van der Waals surface area contributed by atoms with E-state index in [-0.39, 0.29) is 16.7 Å². The van der Waals surface area contributed by atoms with Gasteiger partial charge in [-0.2, -0.15) is 4.98 Å². The Labute approximate surface area is 105 Å². The minimum Gasteiger partial charge on any atom is -0.474 e. The van der Waals surface area contributed by atoms with Crippen molar-refractivity contribution in [1.82, 2.24) is 9.97 Å². The van der Waals surface area contributed by atoms with Crippen LogP contribution in [0.15, 0.2) is 6.33 Å². The fraction of sp³-hybridized carbons (Fsp3) is 0.600. The Morgan fingerprint density at radius 3 is 2.82 bits per heavy atom. The highest BCUT2D eigenvalue weighted by atomic mass is 35.5. The van der Waals surface area contributed by atoms with Crippen molar-refractivity contribution in [2.45, 2.75) is 6.42 Å². The molecule has 0 saturated heterocycles. The fourth-order valence-electron chi connectivity index (χ4n) is 1.08. The molecule has 0 aromatic carbocycles. The molecule has 1 heterocycles. The van der Waals surface area contributed by atoms with Gasteiger partial charge in [0, 0.05) is 20.3 Å². The maximum Gasteiger partial charge on any atom is 0.241 e. The molecule has 0 fully saturated rings. The molecule has 2 N–H and O–H groups in total. The van der Waals surface area contributed by atoms with Crippen molar-refractivity contribution in [1.29, 1.82) is 0 Å². The van der Waals surface area contributed by atoms with E-state index < -0.39 is 0 Å². The van der Waals surface area contributed by atoms with Gasteiger partial charge in [-0.3, -0.25) is 0 Å². The molecule has 0 aliphatic heterocycles. The van der Waals surface area contributed by atoms with E-state index in [0.29, 0.717) is 26.4 Å². The van der Waals surface area contributed by atoms with Crippen LogP contribution in [0.5, 0.6) is 5.88 Å². The number of methoxy groups -OCH3 is 1. The normalized spacial score (nSPS) is 10.5. The molecule has 0 unspecified atom stereocenters. The van der Waals surface area contributed by atoms with Crippen LogP contribution in [0.4, 0.5) is 5.69 Å². The van der Waals surface area contributed by atoms with Crippen LogP contribution >= 0.6 is 11.6 Å². The number of nitrogens with zero attached hydrogens (tertiary/aromatic N) is 2. The molecule has 1 aromatic heterocycles. The first-order valence-electron chi connectivity index (χ1n) is 5.21. The highest BCUT2D eigenvalue weighted by Gasteiger charge is 2.06. The lowest BCUT2D eigenvalue weighted by molar-refractivity contribution is 0.0797. The number of nitrogens with two attached hydrogens (primary N) is 1. The van der Waals surface area contributed by atoms with Gasteiger partial charge >= 0.3 is 0 Å². The number of ether oxygens (including phenoxy) is 3. The van der Waals surface area contributed by atoms with E-state index >= 15 is 0 Å². The third kappa shape index (κ3) is 5.16. The van der Waals surface area contributed by atoms with Crippen LogP contribution in [-0.4, -0.2) is 43.5 Å². The minimum atomic E-state index is 0.191. The Balaban J connectivity index is 2.16. The van der Waals surface area contributed by atoms with Gasteiger partial charge in [0.15, 0.2) is 5.15 Å². The summed E-state index contributed by atoms with van der Waals surface area (Å²) >= 11 is 5.71. The average molecular weight is 262 g/mol. The van der Waals surface area contributed by atoms with E-state index in [1.165, 1.54) is 6.33 Å². The van der Waals surface area contributed by atoms with Crippen molar-refractivity contribution in [2.75, 3.05) is 39.3 Å². The summed E-state index contributed by atoms with van der Waals surface area (Å²) in [5.74, 6) is 0.283. The van der Waals surface area contributed by atoms with Crippen LogP contribution < -0.4 is 10.5 Å². The van der Waals surface area contributed by atoms with Gasteiger partial charge in [0.05, 0.1) is 6.61 Å². The maximum absolute atomic E-state index is 5.71. The molecule has 1 rings (SSSR count). The first-order valence-corrected chi connectivity index (χ1v) is 5.59. The topological polar surface area (TPSA) is 79.5 Å². The smallest absolute Gasteiger partial charge is 0.241 e.